The number of aliphatic hydroxyl groups excluding tert-OH is 1. The number of hydrogen-bond acceptors (Lipinski definition) is 6. The van der Waals surface area contributed by atoms with Crippen LogP contribution in [0.4, 0.5) is 0 Å². The number of hydrogen-bond donors (Lipinski definition) is 1. The summed E-state index contributed by atoms with van der Waals surface area (Å²) in [5, 5.41) is 11.2. The van der Waals surface area contributed by atoms with Gasteiger partial charge in [0, 0.05) is 18.7 Å². The van der Waals surface area contributed by atoms with Crippen LogP contribution in [0.2, 0.25) is 0 Å². The summed E-state index contributed by atoms with van der Waals surface area (Å²) in [6.07, 6.45) is 0. The maximum Gasteiger partial charge on any atom is 0.295 e. The fourth-order valence-electron chi connectivity index (χ4n) is 4.11. The predicted molar refractivity (Wildman–Crippen MR) is 127 cm³/mol. The number of ketones is 1. The molecule has 1 amide bonds. The first-order chi connectivity index (χ1) is 15.9. The lowest BCUT2D eigenvalue weighted by atomic mass is 9.95. The SMILES string of the molecule is CCOc1cccc(C(O)=C2C(=O)C(=O)N(CCN(CC)CC)C2c2cccc(OC)c2)c1. The standard InChI is InChI=1S/C26H32N2O5/c1-5-27(6-2)14-15-28-23(18-10-8-12-20(16-18)32-4)22(25(30)26(28)31)24(29)19-11-9-13-21(17-19)33-7-3/h8-13,16-17,23,29H,5-7,14-15H2,1-4H3. The number of carbonyl (C=O) groups is 2. The molecule has 2 aromatic rings. The van der Waals surface area contributed by atoms with Gasteiger partial charge in [-0.3, -0.25) is 9.59 Å². The Labute approximate surface area is 195 Å². The highest BCUT2D eigenvalue weighted by atomic mass is 16.5. The second kappa shape index (κ2) is 11.0. The zero-order valence-electron chi connectivity index (χ0n) is 19.7. The number of nitrogens with zero attached hydrogens (tertiary/aromatic N) is 2. The molecule has 0 aliphatic carbocycles. The number of carbonyl (C=O) groups excluding carboxylic acids is 2. The van der Waals surface area contributed by atoms with Crippen molar-refractivity contribution in [3.05, 3.63) is 65.2 Å². The summed E-state index contributed by atoms with van der Waals surface area (Å²) in [6.45, 7) is 9.14. The van der Waals surface area contributed by atoms with Crippen LogP contribution in [0.15, 0.2) is 54.1 Å². The smallest absolute Gasteiger partial charge is 0.295 e. The number of Topliss-reactive ketones (excluding diaryl/α,β-unsaturated/α-hetero) is 1. The molecule has 1 saturated heterocycles. The Hall–Kier alpha value is -3.32. The number of methoxy groups -OCH3 is 1. The first kappa shape index (κ1) is 24.3. The molecule has 1 aliphatic heterocycles. The van der Waals surface area contributed by atoms with Gasteiger partial charge in [0.2, 0.25) is 0 Å². The topological polar surface area (TPSA) is 79.3 Å². The van der Waals surface area contributed by atoms with E-state index in [1.165, 1.54) is 0 Å². The van der Waals surface area contributed by atoms with Gasteiger partial charge in [0.15, 0.2) is 0 Å². The molecule has 7 heteroatoms. The van der Waals surface area contributed by atoms with Crippen LogP contribution in [-0.2, 0) is 9.59 Å². The summed E-state index contributed by atoms with van der Waals surface area (Å²) >= 11 is 0. The van der Waals surface area contributed by atoms with Crippen molar-refractivity contribution in [2.75, 3.05) is 39.9 Å². The van der Waals surface area contributed by atoms with Crippen molar-refractivity contribution in [1.29, 1.82) is 0 Å². The third kappa shape index (κ3) is 5.20. The molecule has 1 fully saturated rings. The number of rotatable bonds is 10. The Kier molecular flexibility index (Phi) is 8.11. The van der Waals surface area contributed by atoms with Crippen molar-refractivity contribution in [2.24, 2.45) is 0 Å². The van der Waals surface area contributed by atoms with Crippen LogP contribution in [0, 0.1) is 0 Å². The molecule has 2 aromatic carbocycles. The summed E-state index contributed by atoms with van der Waals surface area (Å²) in [5.74, 6) is -0.331. The molecule has 1 atom stereocenters. The zero-order chi connectivity index (χ0) is 24.0. The zero-order valence-corrected chi connectivity index (χ0v) is 19.7. The maximum absolute atomic E-state index is 13.2. The van der Waals surface area contributed by atoms with Crippen molar-refractivity contribution in [1.82, 2.24) is 9.80 Å². The summed E-state index contributed by atoms with van der Waals surface area (Å²) in [5.41, 5.74) is 1.20. The molecule has 0 spiro atoms. The van der Waals surface area contributed by atoms with E-state index in [4.69, 9.17) is 9.47 Å². The van der Waals surface area contributed by atoms with Gasteiger partial charge < -0.3 is 24.4 Å². The van der Waals surface area contributed by atoms with Gasteiger partial charge in [0.25, 0.3) is 11.7 Å². The number of aliphatic hydroxyl groups is 1. The molecule has 0 aromatic heterocycles. The molecule has 3 rings (SSSR count). The molecule has 33 heavy (non-hydrogen) atoms. The van der Waals surface area contributed by atoms with E-state index in [1.54, 1.807) is 48.4 Å². The van der Waals surface area contributed by atoms with E-state index in [0.29, 0.717) is 42.3 Å². The van der Waals surface area contributed by atoms with E-state index in [2.05, 4.69) is 18.7 Å². The Morgan fingerprint density at radius 2 is 1.73 bits per heavy atom. The van der Waals surface area contributed by atoms with Crippen LogP contribution in [0.5, 0.6) is 11.5 Å². The summed E-state index contributed by atoms with van der Waals surface area (Å²) in [7, 11) is 1.57. The molecule has 0 bridgehead atoms. The highest BCUT2D eigenvalue weighted by molar-refractivity contribution is 6.46. The summed E-state index contributed by atoms with van der Waals surface area (Å²) in [4.78, 5) is 30.0. The van der Waals surface area contributed by atoms with Crippen molar-refractivity contribution >= 4 is 17.4 Å². The lowest BCUT2D eigenvalue weighted by Crippen LogP contribution is -2.38. The van der Waals surface area contributed by atoms with Crippen LogP contribution in [0.1, 0.15) is 37.9 Å². The van der Waals surface area contributed by atoms with E-state index in [1.807, 2.05) is 19.1 Å². The van der Waals surface area contributed by atoms with Crippen LogP contribution >= 0.6 is 0 Å². The van der Waals surface area contributed by atoms with Gasteiger partial charge in [-0.05, 0) is 49.8 Å². The number of likely N-dealkylation sites (N-methyl/N-ethyl adjacent to an activating group) is 1. The number of benzene rings is 2. The quantitative estimate of drug-likeness (QED) is 0.335. The van der Waals surface area contributed by atoms with E-state index < -0.39 is 17.7 Å². The monoisotopic (exact) mass is 452 g/mol. The Morgan fingerprint density at radius 3 is 2.39 bits per heavy atom. The molecule has 176 valence electrons. The fourth-order valence-corrected chi connectivity index (χ4v) is 4.11. The van der Waals surface area contributed by atoms with Gasteiger partial charge in [-0.15, -0.1) is 0 Å². The highest BCUT2D eigenvalue weighted by Crippen LogP contribution is 2.40. The molecule has 1 N–H and O–H groups in total. The van der Waals surface area contributed by atoms with Crippen molar-refractivity contribution < 1.29 is 24.2 Å². The third-order valence-corrected chi connectivity index (χ3v) is 5.92. The van der Waals surface area contributed by atoms with E-state index >= 15 is 0 Å². The predicted octanol–water partition coefficient (Wildman–Crippen LogP) is 3.86. The second-order valence-corrected chi connectivity index (χ2v) is 7.76. The Bertz CT molecular complexity index is 1030. The Balaban J connectivity index is 2.11. The fraction of sp³-hybridized carbons (Fsp3) is 0.385. The largest absolute Gasteiger partial charge is 0.507 e. The summed E-state index contributed by atoms with van der Waals surface area (Å²) < 4.78 is 10.9. The second-order valence-electron chi connectivity index (χ2n) is 7.76. The minimum atomic E-state index is -0.716. The lowest BCUT2D eigenvalue weighted by Gasteiger charge is -2.28. The van der Waals surface area contributed by atoms with Crippen molar-refractivity contribution in [2.45, 2.75) is 26.8 Å². The normalized spacial score (nSPS) is 17.6. The van der Waals surface area contributed by atoms with E-state index in [0.717, 1.165) is 13.1 Å². The molecule has 0 radical (unpaired) electrons. The van der Waals surface area contributed by atoms with Gasteiger partial charge in [0.1, 0.15) is 17.3 Å². The molecule has 1 heterocycles. The van der Waals surface area contributed by atoms with Crippen LogP contribution in [-0.4, -0.2) is 66.5 Å². The van der Waals surface area contributed by atoms with Gasteiger partial charge >= 0.3 is 0 Å². The van der Waals surface area contributed by atoms with Crippen LogP contribution < -0.4 is 9.47 Å². The van der Waals surface area contributed by atoms with Crippen molar-refractivity contribution in [3.63, 3.8) is 0 Å². The van der Waals surface area contributed by atoms with E-state index in [-0.39, 0.29) is 11.3 Å². The molecule has 7 nitrogen and oxygen atoms in total. The first-order valence-electron chi connectivity index (χ1n) is 11.3. The first-order valence-corrected chi connectivity index (χ1v) is 11.3. The Morgan fingerprint density at radius 1 is 1.03 bits per heavy atom. The average molecular weight is 453 g/mol. The molecule has 1 aliphatic rings. The van der Waals surface area contributed by atoms with Crippen LogP contribution in [0.25, 0.3) is 5.76 Å². The maximum atomic E-state index is 13.2. The molecular weight excluding hydrogens is 420 g/mol. The van der Waals surface area contributed by atoms with Gasteiger partial charge in [0.05, 0.1) is 25.3 Å². The minimum Gasteiger partial charge on any atom is -0.507 e. The van der Waals surface area contributed by atoms with Gasteiger partial charge in [-0.1, -0.05) is 38.1 Å². The van der Waals surface area contributed by atoms with E-state index in [9.17, 15) is 14.7 Å². The lowest BCUT2D eigenvalue weighted by molar-refractivity contribution is -0.140. The number of ether oxygens (including phenoxy) is 2. The minimum absolute atomic E-state index is 0.0708. The van der Waals surface area contributed by atoms with Gasteiger partial charge in [-0.2, -0.15) is 0 Å². The average Bonchev–Trinajstić information content (AvgIpc) is 3.09. The third-order valence-electron chi connectivity index (χ3n) is 5.92. The number of likely N-dealkylation sites (tertiary alicyclic amines) is 1. The highest BCUT2D eigenvalue weighted by Gasteiger charge is 2.46. The van der Waals surface area contributed by atoms with Crippen LogP contribution in [0.3, 0.4) is 0 Å². The molecule has 0 saturated carbocycles. The number of amides is 1. The summed E-state index contributed by atoms with van der Waals surface area (Å²) in [6, 6.07) is 13.4. The molecule has 1 unspecified atom stereocenters. The van der Waals surface area contributed by atoms with Gasteiger partial charge in [-0.25, -0.2) is 0 Å². The van der Waals surface area contributed by atoms with Crippen molar-refractivity contribution in [3.8, 4) is 11.5 Å². The molecular formula is C26H32N2O5.